The predicted molar refractivity (Wildman–Crippen MR) is 82.6 cm³/mol. The molecule has 2 aromatic heterocycles. The number of pyridine rings is 1. The molecule has 1 aliphatic heterocycles. The third kappa shape index (κ3) is 2.95. The van der Waals surface area contributed by atoms with E-state index in [0.29, 0.717) is 12.1 Å². The number of likely N-dealkylation sites (tertiary alicyclic amines) is 1. The van der Waals surface area contributed by atoms with Crippen LogP contribution in [0.1, 0.15) is 29.6 Å². The topological polar surface area (TPSA) is 60.1 Å². The van der Waals surface area contributed by atoms with Crippen molar-refractivity contribution in [3.63, 3.8) is 0 Å². The number of rotatable bonds is 3. The van der Waals surface area contributed by atoms with Crippen LogP contribution in [0.3, 0.4) is 0 Å². The Bertz CT molecular complexity index is 705. The fourth-order valence-electron chi connectivity index (χ4n) is 2.93. The number of hydrogen-bond acceptors (Lipinski definition) is 3. The molecule has 22 heavy (non-hydrogen) atoms. The molecule has 0 aromatic carbocycles. The van der Waals surface area contributed by atoms with Crippen LogP contribution in [0.4, 0.5) is 0 Å². The van der Waals surface area contributed by atoms with Gasteiger partial charge in [0.25, 0.3) is 11.5 Å². The summed E-state index contributed by atoms with van der Waals surface area (Å²) in [5, 5.41) is 4.23. The molecule has 0 radical (unpaired) electrons. The number of aromatic nitrogens is 3. The third-order valence-corrected chi connectivity index (χ3v) is 4.20. The van der Waals surface area contributed by atoms with Gasteiger partial charge in [-0.15, -0.1) is 0 Å². The van der Waals surface area contributed by atoms with Crippen LogP contribution < -0.4 is 5.56 Å². The van der Waals surface area contributed by atoms with Gasteiger partial charge in [0.05, 0.1) is 12.6 Å². The van der Waals surface area contributed by atoms with Crippen molar-refractivity contribution in [2.24, 2.45) is 7.05 Å². The molecule has 2 aromatic rings. The highest BCUT2D eigenvalue weighted by atomic mass is 16.2. The van der Waals surface area contributed by atoms with Crippen molar-refractivity contribution in [2.45, 2.75) is 31.8 Å². The molecule has 0 aliphatic carbocycles. The van der Waals surface area contributed by atoms with Crippen LogP contribution in [-0.2, 0) is 13.6 Å². The summed E-state index contributed by atoms with van der Waals surface area (Å²) in [7, 11) is 1.68. The van der Waals surface area contributed by atoms with E-state index in [4.69, 9.17) is 0 Å². The van der Waals surface area contributed by atoms with Crippen LogP contribution >= 0.6 is 0 Å². The molecule has 3 heterocycles. The Morgan fingerprint density at radius 3 is 2.95 bits per heavy atom. The average molecular weight is 300 g/mol. The van der Waals surface area contributed by atoms with Crippen molar-refractivity contribution >= 4 is 5.91 Å². The van der Waals surface area contributed by atoms with Crippen molar-refractivity contribution in [1.29, 1.82) is 0 Å². The van der Waals surface area contributed by atoms with E-state index in [9.17, 15) is 9.59 Å². The lowest BCUT2D eigenvalue weighted by atomic mass is 10.0. The summed E-state index contributed by atoms with van der Waals surface area (Å²) >= 11 is 0. The Hall–Kier alpha value is -2.37. The van der Waals surface area contributed by atoms with E-state index in [0.717, 1.165) is 25.8 Å². The van der Waals surface area contributed by atoms with Crippen LogP contribution in [0, 0.1) is 0 Å². The van der Waals surface area contributed by atoms with Crippen molar-refractivity contribution in [1.82, 2.24) is 19.2 Å². The van der Waals surface area contributed by atoms with Crippen molar-refractivity contribution in [2.75, 3.05) is 6.54 Å². The van der Waals surface area contributed by atoms with Crippen molar-refractivity contribution < 1.29 is 4.79 Å². The van der Waals surface area contributed by atoms with Gasteiger partial charge in [0.1, 0.15) is 0 Å². The number of piperidine rings is 1. The average Bonchev–Trinajstić information content (AvgIpc) is 3.03. The molecule has 1 fully saturated rings. The van der Waals surface area contributed by atoms with Gasteiger partial charge in [-0.1, -0.05) is 0 Å². The first-order chi connectivity index (χ1) is 10.6. The van der Waals surface area contributed by atoms with Gasteiger partial charge in [-0.05, 0) is 31.4 Å². The maximum absolute atomic E-state index is 12.8. The summed E-state index contributed by atoms with van der Waals surface area (Å²) < 4.78 is 3.33. The van der Waals surface area contributed by atoms with Gasteiger partial charge in [0, 0.05) is 43.8 Å². The van der Waals surface area contributed by atoms with Gasteiger partial charge in [-0.2, -0.15) is 5.10 Å². The zero-order chi connectivity index (χ0) is 15.5. The third-order valence-electron chi connectivity index (χ3n) is 4.20. The quantitative estimate of drug-likeness (QED) is 0.858. The molecule has 0 saturated carbocycles. The molecular formula is C16H20N4O2. The summed E-state index contributed by atoms with van der Waals surface area (Å²) in [4.78, 5) is 26.4. The second kappa shape index (κ2) is 6.17. The van der Waals surface area contributed by atoms with E-state index in [1.54, 1.807) is 25.5 Å². The molecular weight excluding hydrogens is 280 g/mol. The molecule has 0 unspecified atom stereocenters. The largest absolute Gasteiger partial charge is 0.334 e. The van der Waals surface area contributed by atoms with Crippen molar-refractivity contribution in [3.05, 3.63) is 52.7 Å². The van der Waals surface area contributed by atoms with Crippen LogP contribution in [0.25, 0.3) is 0 Å². The Morgan fingerprint density at radius 1 is 1.36 bits per heavy atom. The SMILES string of the molecule is Cn1ccc(C(=O)N2CCCC[C@H]2Cn2cccn2)cc1=O. The molecule has 6 nitrogen and oxygen atoms in total. The smallest absolute Gasteiger partial charge is 0.254 e. The normalized spacial score (nSPS) is 18.4. The summed E-state index contributed by atoms with van der Waals surface area (Å²) in [5.74, 6) is -0.0606. The lowest BCUT2D eigenvalue weighted by Gasteiger charge is -2.35. The molecule has 1 saturated heterocycles. The lowest BCUT2D eigenvalue weighted by molar-refractivity contribution is 0.0583. The van der Waals surface area contributed by atoms with Gasteiger partial charge >= 0.3 is 0 Å². The number of nitrogens with zero attached hydrogens (tertiary/aromatic N) is 4. The minimum atomic E-state index is -0.161. The molecule has 116 valence electrons. The van der Waals surface area contributed by atoms with Crippen LogP contribution in [0.5, 0.6) is 0 Å². The van der Waals surface area contributed by atoms with E-state index in [2.05, 4.69) is 5.10 Å². The number of carbonyl (C=O) groups excluding carboxylic acids is 1. The number of aryl methyl sites for hydroxylation is 1. The summed E-state index contributed by atoms with van der Waals surface area (Å²) in [6.07, 6.45) is 8.39. The van der Waals surface area contributed by atoms with E-state index < -0.39 is 0 Å². The fourth-order valence-corrected chi connectivity index (χ4v) is 2.93. The van der Waals surface area contributed by atoms with Gasteiger partial charge in [0.2, 0.25) is 0 Å². The Balaban J connectivity index is 1.81. The fraction of sp³-hybridized carbons (Fsp3) is 0.438. The summed E-state index contributed by atoms with van der Waals surface area (Å²) in [5.41, 5.74) is 0.307. The predicted octanol–water partition coefficient (Wildman–Crippen LogP) is 1.28. The molecule has 0 bridgehead atoms. The highest BCUT2D eigenvalue weighted by Crippen LogP contribution is 2.20. The first-order valence-electron chi connectivity index (χ1n) is 7.60. The summed E-state index contributed by atoms with van der Waals surface area (Å²) in [6, 6.07) is 5.14. The minimum Gasteiger partial charge on any atom is -0.334 e. The van der Waals surface area contributed by atoms with Gasteiger partial charge in [0.15, 0.2) is 0 Å². The molecule has 1 atom stereocenters. The first kappa shape index (κ1) is 14.6. The van der Waals surface area contributed by atoms with E-state index in [-0.39, 0.29) is 17.5 Å². The monoisotopic (exact) mass is 300 g/mol. The molecule has 0 spiro atoms. The number of carbonyl (C=O) groups is 1. The number of amides is 1. The van der Waals surface area contributed by atoms with E-state index in [1.165, 1.54) is 10.6 Å². The first-order valence-corrected chi connectivity index (χ1v) is 7.60. The van der Waals surface area contributed by atoms with Crippen LogP contribution in [-0.4, -0.2) is 37.7 Å². The molecule has 3 rings (SSSR count). The Morgan fingerprint density at radius 2 is 2.23 bits per heavy atom. The maximum Gasteiger partial charge on any atom is 0.254 e. The molecule has 6 heteroatoms. The summed E-state index contributed by atoms with van der Waals surface area (Å²) in [6.45, 7) is 1.43. The molecule has 0 N–H and O–H groups in total. The van der Waals surface area contributed by atoms with Crippen LogP contribution in [0.2, 0.25) is 0 Å². The second-order valence-corrected chi connectivity index (χ2v) is 5.74. The molecule has 1 aliphatic rings. The second-order valence-electron chi connectivity index (χ2n) is 5.74. The lowest BCUT2D eigenvalue weighted by Crippen LogP contribution is -2.46. The van der Waals surface area contributed by atoms with Gasteiger partial charge in [-0.25, -0.2) is 0 Å². The Labute approximate surface area is 129 Å². The highest BCUT2D eigenvalue weighted by molar-refractivity contribution is 5.94. The van der Waals surface area contributed by atoms with Gasteiger partial charge in [-0.3, -0.25) is 14.3 Å². The van der Waals surface area contributed by atoms with Crippen molar-refractivity contribution in [3.8, 4) is 0 Å². The zero-order valence-corrected chi connectivity index (χ0v) is 12.7. The zero-order valence-electron chi connectivity index (χ0n) is 12.7. The molecule has 1 amide bonds. The minimum absolute atomic E-state index is 0.0606. The van der Waals surface area contributed by atoms with Gasteiger partial charge < -0.3 is 9.47 Å². The Kier molecular flexibility index (Phi) is 4.09. The highest BCUT2D eigenvalue weighted by Gasteiger charge is 2.28. The maximum atomic E-state index is 12.8. The van der Waals surface area contributed by atoms with E-state index in [1.807, 2.05) is 21.8 Å². The van der Waals surface area contributed by atoms with Crippen LogP contribution in [0.15, 0.2) is 41.6 Å². The van der Waals surface area contributed by atoms with E-state index >= 15 is 0 Å². The standard InChI is InChI=1S/C16H20N4O2/c1-18-10-6-13(11-15(18)21)16(22)20-9-3-2-5-14(20)12-19-8-4-7-17-19/h4,6-8,10-11,14H,2-3,5,9,12H2,1H3/t14-/m0/s1. The number of hydrogen-bond donors (Lipinski definition) is 0.